The van der Waals surface area contributed by atoms with E-state index in [0.29, 0.717) is 42.3 Å². The molecule has 3 aromatic rings. The third-order valence-corrected chi connectivity index (χ3v) is 4.24. The summed E-state index contributed by atoms with van der Waals surface area (Å²) in [6.45, 7) is 1.50. The molecule has 1 aromatic carbocycles. The molecule has 1 fully saturated rings. The predicted molar refractivity (Wildman–Crippen MR) is 98.0 cm³/mol. The van der Waals surface area contributed by atoms with Crippen LogP contribution in [0.5, 0.6) is 0 Å². The minimum Gasteiger partial charge on any atom is -0.448 e. The van der Waals surface area contributed by atoms with Crippen molar-refractivity contribution in [2.24, 2.45) is 0 Å². The lowest BCUT2D eigenvalue weighted by Gasteiger charge is -2.13. The van der Waals surface area contributed by atoms with Crippen LogP contribution >= 0.6 is 0 Å². The van der Waals surface area contributed by atoms with Crippen molar-refractivity contribution in [2.45, 2.75) is 6.54 Å². The number of amides is 2. The Morgan fingerprint density at radius 3 is 2.78 bits per heavy atom. The fraction of sp³-hybridized carbons (Fsp3) is 0.158. The maximum absolute atomic E-state index is 12.6. The largest absolute Gasteiger partial charge is 0.448 e. The second-order valence-corrected chi connectivity index (χ2v) is 6.06. The van der Waals surface area contributed by atoms with Crippen LogP contribution in [0.15, 0.2) is 54.9 Å². The molecule has 8 heteroatoms. The zero-order valence-electron chi connectivity index (χ0n) is 14.4. The number of aromatic nitrogens is 3. The highest BCUT2D eigenvalue weighted by molar-refractivity contribution is 6.07. The van der Waals surface area contributed by atoms with Crippen molar-refractivity contribution in [3.8, 4) is 11.4 Å². The highest BCUT2D eigenvalue weighted by Crippen LogP contribution is 2.20. The SMILES string of the molecule is O=C(Nc1ccc(CN2CCOC2=O)cc1)c1cn[nH]c1-c1ccccn1. The lowest BCUT2D eigenvalue weighted by molar-refractivity contribution is 0.102. The van der Waals surface area contributed by atoms with Crippen LogP contribution in [0.25, 0.3) is 11.4 Å². The van der Waals surface area contributed by atoms with Crippen LogP contribution in [-0.4, -0.2) is 45.2 Å². The molecule has 4 rings (SSSR count). The van der Waals surface area contributed by atoms with Crippen molar-refractivity contribution in [2.75, 3.05) is 18.5 Å². The number of rotatable bonds is 5. The van der Waals surface area contributed by atoms with Gasteiger partial charge in [-0.25, -0.2) is 4.79 Å². The van der Waals surface area contributed by atoms with Crippen molar-refractivity contribution >= 4 is 17.7 Å². The molecule has 2 N–H and O–H groups in total. The van der Waals surface area contributed by atoms with Crippen LogP contribution < -0.4 is 5.32 Å². The first-order valence-electron chi connectivity index (χ1n) is 8.47. The van der Waals surface area contributed by atoms with Gasteiger partial charge in [0.25, 0.3) is 5.91 Å². The summed E-state index contributed by atoms with van der Waals surface area (Å²) < 4.78 is 4.92. The lowest BCUT2D eigenvalue weighted by Crippen LogP contribution is -2.23. The summed E-state index contributed by atoms with van der Waals surface area (Å²) in [6.07, 6.45) is 2.84. The maximum atomic E-state index is 12.6. The van der Waals surface area contributed by atoms with Gasteiger partial charge in [-0.2, -0.15) is 5.10 Å². The molecule has 136 valence electrons. The molecular formula is C19H17N5O3. The van der Waals surface area contributed by atoms with Gasteiger partial charge in [0, 0.05) is 18.4 Å². The van der Waals surface area contributed by atoms with Crippen molar-refractivity contribution in [3.05, 3.63) is 66.0 Å². The standard InChI is InChI=1S/C19H17N5O3/c25-18(15-11-21-23-17(15)16-3-1-2-8-20-16)22-14-6-4-13(5-7-14)12-24-9-10-27-19(24)26/h1-8,11H,9-10,12H2,(H,21,23)(H,22,25). The summed E-state index contributed by atoms with van der Waals surface area (Å²) in [4.78, 5) is 30.0. The number of carbonyl (C=O) groups excluding carboxylic acids is 2. The second kappa shape index (κ2) is 7.28. The Hall–Kier alpha value is -3.68. The van der Waals surface area contributed by atoms with E-state index in [0.717, 1.165) is 5.56 Å². The average molecular weight is 363 g/mol. The number of aromatic amines is 1. The Balaban J connectivity index is 1.45. The van der Waals surface area contributed by atoms with E-state index in [1.807, 2.05) is 30.3 Å². The van der Waals surface area contributed by atoms with Crippen LogP contribution in [0.1, 0.15) is 15.9 Å². The maximum Gasteiger partial charge on any atom is 0.410 e. The zero-order valence-corrected chi connectivity index (χ0v) is 14.4. The first-order valence-corrected chi connectivity index (χ1v) is 8.47. The molecule has 0 atom stereocenters. The van der Waals surface area contributed by atoms with E-state index in [1.165, 1.54) is 6.20 Å². The lowest BCUT2D eigenvalue weighted by atomic mass is 10.1. The summed E-state index contributed by atoms with van der Waals surface area (Å²) in [7, 11) is 0. The van der Waals surface area contributed by atoms with Crippen LogP contribution in [-0.2, 0) is 11.3 Å². The van der Waals surface area contributed by atoms with Gasteiger partial charge in [0.2, 0.25) is 0 Å². The molecule has 8 nitrogen and oxygen atoms in total. The second-order valence-electron chi connectivity index (χ2n) is 6.06. The fourth-order valence-corrected chi connectivity index (χ4v) is 2.85. The Kier molecular flexibility index (Phi) is 4.52. The summed E-state index contributed by atoms with van der Waals surface area (Å²) in [5, 5.41) is 9.64. The summed E-state index contributed by atoms with van der Waals surface area (Å²) in [6, 6.07) is 12.8. The quantitative estimate of drug-likeness (QED) is 0.726. The van der Waals surface area contributed by atoms with Crippen LogP contribution in [0.4, 0.5) is 10.5 Å². The molecule has 0 unspecified atom stereocenters. The summed E-state index contributed by atoms with van der Waals surface area (Å²) in [5.74, 6) is -0.278. The molecule has 0 saturated carbocycles. The van der Waals surface area contributed by atoms with Gasteiger partial charge in [-0.05, 0) is 29.8 Å². The number of carbonyl (C=O) groups is 2. The molecule has 27 heavy (non-hydrogen) atoms. The van der Waals surface area contributed by atoms with E-state index in [1.54, 1.807) is 23.2 Å². The number of hydrogen-bond acceptors (Lipinski definition) is 5. The van der Waals surface area contributed by atoms with Gasteiger partial charge in [0.05, 0.1) is 29.7 Å². The number of anilines is 1. The van der Waals surface area contributed by atoms with Crippen molar-refractivity contribution in [1.82, 2.24) is 20.1 Å². The minimum absolute atomic E-state index is 0.278. The smallest absolute Gasteiger partial charge is 0.410 e. The van der Waals surface area contributed by atoms with Crippen LogP contribution in [0.3, 0.4) is 0 Å². The number of hydrogen-bond donors (Lipinski definition) is 2. The predicted octanol–water partition coefficient (Wildman–Crippen LogP) is 2.68. The molecule has 2 aromatic heterocycles. The number of benzene rings is 1. The number of pyridine rings is 1. The van der Waals surface area contributed by atoms with Gasteiger partial charge in [-0.3, -0.25) is 14.9 Å². The Morgan fingerprint density at radius 2 is 2.07 bits per heavy atom. The molecule has 1 aliphatic rings. The van der Waals surface area contributed by atoms with Crippen molar-refractivity contribution < 1.29 is 14.3 Å². The topological polar surface area (TPSA) is 100 Å². The van der Waals surface area contributed by atoms with E-state index in [-0.39, 0.29) is 12.0 Å². The van der Waals surface area contributed by atoms with Crippen LogP contribution in [0, 0.1) is 0 Å². The monoisotopic (exact) mass is 363 g/mol. The Labute approximate surface area is 155 Å². The first-order chi connectivity index (χ1) is 13.2. The van der Waals surface area contributed by atoms with Crippen molar-refractivity contribution in [1.29, 1.82) is 0 Å². The molecule has 0 aliphatic carbocycles. The number of ether oxygens (including phenoxy) is 1. The molecule has 1 saturated heterocycles. The van der Waals surface area contributed by atoms with Crippen LogP contribution in [0.2, 0.25) is 0 Å². The Morgan fingerprint density at radius 1 is 1.22 bits per heavy atom. The molecule has 0 radical (unpaired) electrons. The molecule has 0 bridgehead atoms. The fourth-order valence-electron chi connectivity index (χ4n) is 2.85. The zero-order chi connectivity index (χ0) is 18.6. The highest BCUT2D eigenvalue weighted by Gasteiger charge is 2.21. The summed E-state index contributed by atoms with van der Waals surface area (Å²) >= 11 is 0. The van der Waals surface area contributed by atoms with E-state index in [9.17, 15) is 9.59 Å². The van der Waals surface area contributed by atoms with Gasteiger partial charge in [-0.15, -0.1) is 0 Å². The first kappa shape index (κ1) is 16.8. The Bertz CT molecular complexity index is 953. The highest BCUT2D eigenvalue weighted by atomic mass is 16.6. The molecule has 1 aliphatic heterocycles. The molecule has 0 spiro atoms. The third kappa shape index (κ3) is 3.64. The summed E-state index contributed by atoms with van der Waals surface area (Å²) in [5.41, 5.74) is 3.24. The third-order valence-electron chi connectivity index (χ3n) is 4.24. The van der Waals surface area contributed by atoms with E-state index in [2.05, 4.69) is 20.5 Å². The molecule has 2 amide bonds. The molecular weight excluding hydrogens is 346 g/mol. The van der Waals surface area contributed by atoms with Gasteiger partial charge in [0.1, 0.15) is 6.61 Å². The van der Waals surface area contributed by atoms with E-state index in [4.69, 9.17) is 4.74 Å². The van der Waals surface area contributed by atoms with Gasteiger partial charge >= 0.3 is 6.09 Å². The van der Waals surface area contributed by atoms with Crippen molar-refractivity contribution in [3.63, 3.8) is 0 Å². The molecule has 3 heterocycles. The van der Waals surface area contributed by atoms with Gasteiger partial charge in [-0.1, -0.05) is 18.2 Å². The number of cyclic esters (lactones) is 1. The minimum atomic E-state index is -0.297. The van der Waals surface area contributed by atoms with Gasteiger partial charge in [0.15, 0.2) is 0 Å². The van der Waals surface area contributed by atoms with E-state index >= 15 is 0 Å². The van der Waals surface area contributed by atoms with E-state index < -0.39 is 0 Å². The van der Waals surface area contributed by atoms with Gasteiger partial charge < -0.3 is 15.0 Å². The number of H-pyrrole nitrogens is 1. The average Bonchev–Trinajstić information content (AvgIpc) is 3.34. The normalized spacial score (nSPS) is 13.5. The number of nitrogens with one attached hydrogen (secondary N) is 2. The number of nitrogens with zero attached hydrogens (tertiary/aromatic N) is 3.